The molecule has 0 spiro atoms. The molecule has 0 aliphatic heterocycles. The van der Waals surface area contributed by atoms with E-state index in [4.69, 9.17) is 11.0 Å². The monoisotopic (exact) mass is 162 g/mol. The van der Waals surface area contributed by atoms with E-state index in [1.54, 1.807) is 12.3 Å². The molecule has 3 nitrogen and oxygen atoms in total. The van der Waals surface area contributed by atoms with Crippen molar-refractivity contribution < 1.29 is 4.98 Å². The first kappa shape index (κ1) is 8.54. The topological polar surface area (TPSA) is 64.0 Å². The molecule has 3 N–H and O–H groups in total. The molecule has 12 heavy (non-hydrogen) atoms. The third-order valence-electron chi connectivity index (χ3n) is 1.79. The summed E-state index contributed by atoms with van der Waals surface area (Å²) in [5.74, 6) is 0. The van der Waals surface area contributed by atoms with E-state index >= 15 is 0 Å². The highest BCUT2D eigenvalue weighted by Crippen LogP contribution is 2.17. The zero-order chi connectivity index (χ0) is 9.19. The van der Waals surface area contributed by atoms with Crippen LogP contribution in [0.4, 0.5) is 5.69 Å². The second-order valence-electron chi connectivity index (χ2n) is 3.27. The first-order chi connectivity index (χ1) is 5.56. The van der Waals surface area contributed by atoms with Crippen LogP contribution < -0.4 is 10.7 Å². The lowest BCUT2D eigenvalue weighted by atomic mass is 9.91. The van der Waals surface area contributed by atoms with Gasteiger partial charge in [0.2, 0.25) is 0 Å². The van der Waals surface area contributed by atoms with Crippen molar-refractivity contribution in [2.75, 3.05) is 5.73 Å². The molecule has 0 fully saturated rings. The number of nitrogens with one attached hydrogen (secondary N) is 1. The Hall–Kier alpha value is -1.56. The number of aromatic amines is 1. The minimum absolute atomic E-state index is 0.478. The van der Waals surface area contributed by atoms with Crippen molar-refractivity contribution in [3.63, 3.8) is 0 Å². The Labute approximate surface area is 71.8 Å². The lowest BCUT2D eigenvalue weighted by Gasteiger charge is -2.08. The average Bonchev–Trinajstić information content (AvgIpc) is 2.05. The summed E-state index contributed by atoms with van der Waals surface area (Å²) in [7, 11) is 0. The highest BCUT2D eigenvalue weighted by Gasteiger charge is 2.25. The Kier molecular flexibility index (Phi) is 2.01. The Morgan fingerprint density at radius 3 is 2.58 bits per heavy atom. The normalized spacial score (nSPS) is 10.8. The van der Waals surface area contributed by atoms with Crippen LogP contribution in [0.25, 0.3) is 0 Å². The van der Waals surface area contributed by atoms with E-state index in [-0.39, 0.29) is 0 Å². The van der Waals surface area contributed by atoms with Crippen molar-refractivity contribution >= 4 is 5.69 Å². The van der Waals surface area contributed by atoms with Gasteiger partial charge < -0.3 is 5.73 Å². The van der Waals surface area contributed by atoms with Crippen LogP contribution in [0.2, 0.25) is 0 Å². The molecule has 0 bridgehead atoms. The molecule has 0 aliphatic carbocycles. The molecule has 3 heteroatoms. The third-order valence-corrected chi connectivity index (χ3v) is 1.79. The molecule has 0 amide bonds. The SMILES string of the molecule is CC(C)(C#N)c1ccc(N)c[nH+]1. The molecule has 0 aliphatic rings. The number of hydrogen-bond acceptors (Lipinski definition) is 2. The Morgan fingerprint density at radius 2 is 2.17 bits per heavy atom. The largest absolute Gasteiger partial charge is 0.394 e. The lowest BCUT2D eigenvalue weighted by molar-refractivity contribution is -0.394. The van der Waals surface area contributed by atoms with E-state index in [0.29, 0.717) is 5.69 Å². The predicted octanol–water partition coefficient (Wildman–Crippen LogP) is 0.884. The number of nitrogens with two attached hydrogens (primary N) is 1. The summed E-state index contributed by atoms with van der Waals surface area (Å²) in [5, 5.41) is 8.82. The summed E-state index contributed by atoms with van der Waals surface area (Å²) in [4.78, 5) is 2.98. The second-order valence-corrected chi connectivity index (χ2v) is 3.27. The molecule has 0 unspecified atom stereocenters. The average molecular weight is 162 g/mol. The fourth-order valence-corrected chi connectivity index (χ4v) is 0.886. The fraction of sp³-hybridized carbons (Fsp3) is 0.333. The van der Waals surface area contributed by atoms with Crippen molar-refractivity contribution in [3.05, 3.63) is 24.0 Å². The quantitative estimate of drug-likeness (QED) is 0.666. The summed E-state index contributed by atoms with van der Waals surface area (Å²) in [5.41, 5.74) is 6.57. The maximum atomic E-state index is 8.82. The van der Waals surface area contributed by atoms with Gasteiger partial charge in [-0.1, -0.05) is 0 Å². The number of pyridine rings is 1. The van der Waals surface area contributed by atoms with Gasteiger partial charge in [-0.15, -0.1) is 0 Å². The minimum atomic E-state index is -0.478. The number of H-pyrrole nitrogens is 1. The molecule has 0 saturated carbocycles. The molecule has 1 heterocycles. The van der Waals surface area contributed by atoms with Crippen molar-refractivity contribution in [3.8, 4) is 6.07 Å². The van der Waals surface area contributed by atoms with E-state index in [1.807, 2.05) is 19.9 Å². The maximum absolute atomic E-state index is 8.82. The van der Waals surface area contributed by atoms with Gasteiger partial charge in [-0.3, -0.25) is 0 Å². The summed E-state index contributed by atoms with van der Waals surface area (Å²) >= 11 is 0. The third kappa shape index (κ3) is 1.54. The smallest absolute Gasteiger partial charge is 0.199 e. The minimum Gasteiger partial charge on any atom is -0.394 e. The number of nitrogen functional groups attached to an aromatic ring is 1. The van der Waals surface area contributed by atoms with Gasteiger partial charge in [0.1, 0.15) is 5.41 Å². The Morgan fingerprint density at radius 1 is 1.50 bits per heavy atom. The number of rotatable bonds is 1. The number of anilines is 1. The fourth-order valence-electron chi connectivity index (χ4n) is 0.886. The second kappa shape index (κ2) is 2.82. The predicted molar refractivity (Wildman–Crippen MR) is 46.0 cm³/mol. The molecule has 62 valence electrons. The van der Waals surface area contributed by atoms with Gasteiger partial charge in [0, 0.05) is 6.07 Å². The number of aromatic nitrogens is 1. The first-order valence-electron chi connectivity index (χ1n) is 3.75. The summed E-state index contributed by atoms with van der Waals surface area (Å²) in [6.07, 6.45) is 1.69. The van der Waals surface area contributed by atoms with Crippen LogP contribution in [-0.4, -0.2) is 0 Å². The van der Waals surface area contributed by atoms with Crippen LogP contribution in [0.15, 0.2) is 18.3 Å². The van der Waals surface area contributed by atoms with Crippen LogP contribution in [0.3, 0.4) is 0 Å². The summed E-state index contributed by atoms with van der Waals surface area (Å²) in [6.45, 7) is 3.71. The van der Waals surface area contributed by atoms with Crippen LogP contribution in [0.1, 0.15) is 19.5 Å². The zero-order valence-electron chi connectivity index (χ0n) is 7.26. The van der Waals surface area contributed by atoms with Gasteiger partial charge in [-0.2, -0.15) is 5.26 Å². The maximum Gasteiger partial charge on any atom is 0.199 e. The number of nitrogens with zero attached hydrogens (tertiary/aromatic N) is 1. The van der Waals surface area contributed by atoms with E-state index in [2.05, 4.69) is 11.1 Å². The van der Waals surface area contributed by atoms with Crippen molar-refractivity contribution in [1.82, 2.24) is 0 Å². The number of hydrogen-bond donors (Lipinski definition) is 1. The highest BCUT2D eigenvalue weighted by molar-refractivity contribution is 5.33. The van der Waals surface area contributed by atoms with Gasteiger partial charge in [-0.25, -0.2) is 4.98 Å². The molecular formula is C9H12N3+. The van der Waals surface area contributed by atoms with Gasteiger partial charge >= 0.3 is 0 Å². The zero-order valence-corrected chi connectivity index (χ0v) is 7.26. The molecule has 1 aromatic rings. The summed E-state index contributed by atoms with van der Waals surface area (Å²) in [6, 6.07) is 5.82. The van der Waals surface area contributed by atoms with E-state index in [9.17, 15) is 0 Å². The molecule has 0 aromatic carbocycles. The summed E-state index contributed by atoms with van der Waals surface area (Å²) < 4.78 is 0. The van der Waals surface area contributed by atoms with E-state index < -0.39 is 5.41 Å². The standard InChI is InChI=1S/C9H11N3/c1-9(2,6-10)8-4-3-7(11)5-12-8/h3-5H,11H2,1-2H3/p+1. The van der Waals surface area contributed by atoms with Gasteiger partial charge in [0.25, 0.3) is 0 Å². The molecular weight excluding hydrogens is 150 g/mol. The van der Waals surface area contributed by atoms with E-state index in [0.717, 1.165) is 5.69 Å². The van der Waals surface area contributed by atoms with Crippen molar-refractivity contribution in [1.29, 1.82) is 5.26 Å². The highest BCUT2D eigenvalue weighted by atomic mass is 14.7. The van der Waals surface area contributed by atoms with Gasteiger partial charge in [0.05, 0.1) is 11.8 Å². The Balaban J connectivity index is 3.07. The van der Waals surface area contributed by atoms with Crippen LogP contribution >= 0.6 is 0 Å². The molecule has 0 atom stereocenters. The molecule has 1 rings (SSSR count). The first-order valence-corrected chi connectivity index (χ1v) is 3.75. The molecule has 0 saturated heterocycles. The van der Waals surface area contributed by atoms with Crippen LogP contribution in [0.5, 0.6) is 0 Å². The van der Waals surface area contributed by atoms with Crippen molar-refractivity contribution in [2.24, 2.45) is 0 Å². The van der Waals surface area contributed by atoms with Crippen LogP contribution in [0, 0.1) is 11.3 Å². The van der Waals surface area contributed by atoms with Crippen LogP contribution in [-0.2, 0) is 5.41 Å². The molecule has 1 aromatic heterocycles. The van der Waals surface area contributed by atoms with Crippen molar-refractivity contribution in [2.45, 2.75) is 19.3 Å². The van der Waals surface area contributed by atoms with Gasteiger partial charge in [0.15, 0.2) is 11.9 Å². The van der Waals surface area contributed by atoms with E-state index in [1.165, 1.54) is 0 Å². The Bertz CT molecular complexity index is 306. The molecule has 0 radical (unpaired) electrons. The lowest BCUT2D eigenvalue weighted by Crippen LogP contribution is -2.25. The van der Waals surface area contributed by atoms with Gasteiger partial charge in [-0.05, 0) is 19.9 Å². The number of nitriles is 1.